The van der Waals surface area contributed by atoms with Crippen molar-refractivity contribution in [2.75, 3.05) is 11.9 Å². The zero-order valence-electron chi connectivity index (χ0n) is 18.0. The van der Waals surface area contributed by atoms with Gasteiger partial charge in [0.2, 0.25) is 0 Å². The fourth-order valence-corrected chi connectivity index (χ4v) is 4.05. The Bertz CT molecular complexity index is 1230. The predicted molar refractivity (Wildman–Crippen MR) is 128 cm³/mol. The lowest BCUT2D eigenvalue weighted by Crippen LogP contribution is -2.23. The van der Waals surface area contributed by atoms with Crippen LogP contribution in [0.25, 0.3) is 5.65 Å². The summed E-state index contributed by atoms with van der Waals surface area (Å²) in [6.07, 6.45) is 4.01. The summed E-state index contributed by atoms with van der Waals surface area (Å²) in [4.78, 5) is 30.5. The number of pyridine rings is 1. The van der Waals surface area contributed by atoms with Gasteiger partial charge in [-0.2, -0.15) is 0 Å². The third-order valence-corrected chi connectivity index (χ3v) is 6.05. The summed E-state index contributed by atoms with van der Waals surface area (Å²) >= 11 is 1.67. The molecule has 7 heteroatoms. The Hall–Kier alpha value is -3.58. The van der Waals surface area contributed by atoms with Gasteiger partial charge in [-0.1, -0.05) is 12.1 Å². The van der Waals surface area contributed by atoms with Crippen LogP contribution in [0.4, 0.5) is 5.69 Å². The molecule has 2 N–H and O–H groups in total. The molecule has 4 rings (SSSR count). The van der Waals surface area contributed by atoms with E-state index >= 15 is 0 Å². The zero-order chi connectivity index (χ0) is 22.5. The predicted octanol–water partition coefficient (Wildman–Crippen LogP) is 4.94. The molecule has 0 saturated carbocycles. The van der Waals surface area contributed by atoms with Crippen molar-refractivity contribution in [3.05, 3.63) is 95.4 Å². The molecule has 2 aromatic heterocycles. The fourth-order valence-electron chi connectivity index (χ4n) is 3.27. The zero-order valence-corrected chi connectivity index (χ0v) is 18.8. The number of carbonyl (C=O) groups is 2. The Morgan fingerprint density at radius 3 is 2.53 bits per heavy atom. The lowest BCUT2D eigenvalue weighted by Gasteiger charge is -2.11. The van der Waals surface area contributed by atoms with Crippen molar-refractivity contribution >= 4 is 34.9 Å². The van der Waals surface area contributed by atoms with Gasteiger partial charge in [0.1, 0.15) is 5.65 Å². The van der Waals surface area contributed by atoms with Crippen LogP contribution in [0.1, 0.15) is 38.9 Å². The number of nitrogens with zero attached hydrogens (tertiary/aromatic N) is 2. The maximum absolute atomic E-state index is 12.7. The van der Waals surface area contributed by atoms with E-state index in [4.69, 9.17) is 0 Å². The van der Waals surface area contributed by atoms with Crippen LogP contribution in [0.15, 0.2) is 78.0 Å². The van der Waals surface area contributed by atoms with Gasteiger partial charge in [0.25, 0.3) is 11.8 Å². The van der Waals surface area contributed by atoms with Crippen LogP contribution < -0.4 is 10.6 Å². The Labute approximate surface area is 191 Å². The molecule has 0 aliphatic heterocycles. The molecule has 0 saturated heterocycles. The number of imidazole rings is 1. The van der Waals surface area contributed by atoms with Gasteiger partial charge in [-0.05, 0) is 67.9 Å². The fraction of sp³-hybridized carbons (Fsp3) is 0.160. The molecule has 0 spiro atoms. The first kappa shape index (κ1) is 21.6. The van der Waals surface area contributed by atoms with E-state index in [2.05, 4.69) is 15.6 Å². The van der Waals surface area contributed by atoms with E-state index in [0.717, 1.165) is 27.6 Å². The van der Waals surface area contributed by atoms with Gasteiger partial charge in [0.15, 0.2) is 0 Å². The van der Waals surface area contributed by atoms with E-state index in [-0.39, 0.29) is 11.8 Å². The van der Waals surface area contributed by atoms with Gasteiger partial charge in [-0.3, -0.25) is 9.59 Å². The second-order valence-corrected chi connectivity index (χ2v) is 8.40. The smallest absolute Gasteiger partial charge is 0.255 e. The third-order valence-electron chi connectivity index (χ3n) is 5.00. The first-order valence-electron chi connectivity index (χ1n) is 10.4. The van der Waals surface area contributed by atoms with Crippen molar-refractivity contribution in [2.45, 2.75) is 24.5 Å². The molecule has 0 fully saturated rings. The van der Waals surface area contributed by atoms with Crippen molar-refractivity contribution in [1.82, 2.24) is 14.7 Å². The van der Waals surface area contributed by atoms with E-state index in [1.807, 2.05) is 79.2 Å². The molecule has 2 aromatic carbocycles. The average Bonchev–Trinajstić information content (AvgIpc) is 3.22. The summed E-state index contributed by atoms with van der Waals surface area (Å²) in [6.45, 7) is 4.32. The Balaban J connectivity index is 1.39. The molecule has 6 nitrogen and oxygen atoms in total. The number of benzene rings is 2. The van der Waals surface area contributed by atoms with Gasteiger partial charge in [-0.25, -0.2) is 4.98 Å². The number of nitrogens with one attached hydrogen (secondary N) is 2. The normalized spacial score (nSPS) is 10.8. The van der Waals surface area contributed by atoms with Gasteiger partial charge in [0.05, 0.1) is 5.69 Å². The lowest BCUT2D eigenvalue weighted by atomic mass is 10.1. The van der Waals surface area contributed by atoms with Crippen LogP contribution in [0.2, 0.25) is 0 Å². The van der Waals surface area contributed by atoms with Crippen LogP contribution in [-0.2, 0) is 5.75 Å². The molecule has 0 aliphatic rings. The molecule has 32 heavy (non-hydrogen) atoms. The quantitative estimate of drug-likeness (QED) is 0.396. The van der Waals surface area contributed by atoms with Gasteiger partial charge >= 0.3 is 0 Å². The Kier molecular flexibility index (Phi) is 6.56. The SMILES string of the molecule is CCNC(=O)c1ccc(C)c(NC(=O)c2ccc(SCc3cn4ccccc4n3)cc2)c1. The third kappa shape index (κ3) is 5.00. The van der Waals surface area contributed by atoms with Crippen molar-refractivity contribution < 1.29 is 9.59 Å². The molecule has 0 aliphatic carbocycles. The summed E-state index contributed by atoms with van der Waals surface area (Å²) in [5.74, 6) is 0.381. The summed E-state index contributed by atoms with van der Waals surface area (Å²) in [7, 11) is 0. The summed E-state index contributed by atoms with van der Waals surface area (Å²) in [5, 5.41) is 5.69. The maximum Gasteiger partial charge on any atom is 0.255 e. The van der Waals surface area contributed by atoms with Crippen LogP contribution in [0.5, 0.6) is 0 Å². The molecular weight excluding hydrogens is 420 g/mol. The number of carbonyl (C=O) groups excluding carboxylic acids is 2. The number of aryl methyl sites for hydroxylation is 1. The highest BCUT2D eigenvalue weighted by Crippen LogP contribution is 2.24. The monoisotopic (exact) mass is 444 g/mol. The highest BCUT2D eigenvalue weighted by molar-refractivity contribution is 7.98. The highest BCUT2D eigenvalue weighted by Gasteiger charge is 2.11. The highest BCUT2D eigenvalue weighted by atomic mass is 32.2. The number of thioether (sulfide) groups is 1. The minimum Gasteiger partial charge on any atom is -0.352 e. The molecule has 0 unspecified atom stereocenters. The first-order chi connectivity index (χ1) is 15.5. The Morgan fingerprint density at radius 2 is 1.78 bits per heavy atom. The number of hydrogen-bond acceptors (Lipinski definition) is 4. The molecule has 2 amide bonds. The first-order valence-corrected chi connectivity index (χ1v) is 11.4. The number of hydrogen-bond donors (Lipinski definition) is 2. The van der Waals surface area contributed by atoms with Gasteiger partial charge < -0.3 is 15.0 Å². The van der Waals surface area contributed by atoms with Crippen molar-refractivity contribution in [2.24, 2.45) is 0 Å². The van der Waals surface area contributed by atoms with Gasteiger partial charge in [0, 0.05) is 46.4 Å². The number of fused-ring (bicyclic) bond motifs is 1. The lowest BCUT2D eigenvalue weighted by molar-refractivity contribution is 0.0954. The van der Waals surface area contributed by atoms with E-state index in [1.165, 1.54) is 0 Å². The largest absolute Gasteiger partial charge is 0.352 e. The number of rotatable bonds is 7. The van der Waals surface area contributed by atoms with E-state index < -0.39 is 0 Å². The van der Waals surface area contributed by atoms with E-state index in [0.29, 0.717) is 23.4 Å². The number of aromatic nitrogens is 2. The second-order valence-electron chi connectivity index (χ2n) is 7.35. The van der Waals surface area contributed by atoms with Crippen LogP contribution in [0.3, 0.4) is 0 Å². The molecule has 162 valence electrons. The molecule has 4 aromatic rings. The summed E-state index contributed by atoms with van der Waals surface area (Å²) in [5.41, 5.74) is 4.54. The minimum absolute atomic E-state index is 0.157. The van der Waals surface area contributed by atoms with Crippen molar-refractivity contribution in [1.29, 1.82) is 0 Å². The van der Waals surface area contributed by atoms with E-state index in [1.54, 1.807) is 23.9 Å². The second kappa shape index (κ2) is 9.70. The molecule has 0 bridgehead atoms. The summed E-state index contributed by atoms with van der Waals surface area (Å²) in [6, 6.07) is 18.7. The van der Waals surface area contributed by atoms with Crippen molar-refractivity contribution in [3.8, 4) is 0 Å². The molecule has 0 radical (unpaired) electrons. The van der Waals surface area contributed by atoms with Crippen LogP contribution in [0, 0.1) is 6.92 Å². The van der Waals surface area contributed by atoms with E-state index in [9.17, 15) is 9.59 Å². The molecule has 0 atom stereocenters. The molecule has 2 heterocycles. The standard InChI is InChI=1S/C25H24N4O2S/c1-3-26-24(30)19-8-7-17(2)22(14-19)28-25(31)18-9-11-21(12-10-18)32-16-20-15-29-13-5-4-6-23(29)27-20/h4-15H,3,16H2,1-2H3,(H,26,30)(H,28,31). The van der Waals surface area contributed by atoms with Crippen LogP contribution >= 0.6 is 11.8 Å². The van der Waals surface area contributed by atoms with Crippen LogP contribution in [-0.4, -0.2) is 27.7 Å². The van der Waals surface area contributed by atoms with Crippen molar-refractivity contribution in [3.63, 3.8) is 0 Å². The maximum atomic E-state index is 12.7. The Morgan fingerprint density at radius 1 is 1.00 bits per heavy atom. The minimum atomic E-state index is -0.210. The average molecular weight is 445 g/mol. The summed E-state index contributed by atoms with van der Waals surface area (Å²) < 4.78 is 2.01. The van der Waals surface area contributed by atoms with Gasteiger partial charge in [-0.15, -0.1) is 11.8 Å². The number of amides is 2. The number of anilines is 1. The molecular formula is C25H24N4O2S. The topological polar surface area (TPSA) is 75.5 Å².